The molecule has 0 N–H and O–H groups in total. The summed E-state index contributed by atoms with van der Waals surface area (Å²) in [7, 11) is 0. The number of fused-ring (bicyclic) bond motifs is 2. The molecule has 2 aromatic heterocycles. The number of nitrogens with zero attached hydrogens (tertiary/aromatic N) is 4. The van der Waals surface area contributed by atoms with Gasteiger partial charge in [-0.05, 0) is 0 Å². The zero-order chi connectivity index (χ0) is 31.4. The molecule has 0 bridgehead atoms. The van der Waals surface area contributed by atoms with Gasteiger partial charge in [0.25, 0.3) is 0 Å². The van der Waals surface area contributed by atoms with Gasteiger partial charge in [-0.25, -0.2) is 0 Å². The molecule has 0 amide bonds. The molecule has 48 heavy (non-hydrogen) atoms. The Balaban J connectivity index is 0.00000201. The second-order valence-electron chi connectivity index (χ2n) is 12.8. The fraction of sp³-hybridized carbons (Fsp3) is 0.150. The van der Waals surface area contributed by atoms with E-state index in [1.165, 1.54) is 67.0 Å². The molecular weight excluding hydrogens is 727 g/mol. The quantitative estimate of drug-likeness (QED) is 0.242. The molecule has 4 aromatic carbocycles. The van der Waals surface area contributed by atoms with Crippen molar-refractivity contribution in [1.82, 2.24) is 19.1 Å². The minimum Gasteiger partial charge on any atom is -1.00 e. The maximum Gasteiger partial charge on any atom is -1.00 e. The third kappa shape index (κ3) is 5.98. The van der Waals surface area contributed by atoms with Gasteiger partial charge < -0.3 is 24.8 Å². The van der Waals surface area contributed by atoms with Crippen LogP contribution in [0.5, 0.6) is 0 Å². The molecule has 2 atom stereocenters. The fourth-order valence-corrected chi connectivity index (χ4v) is 28.3. The average molecular weight is 763 g/mol. The van der Waals surface area contributed by atoms with Gasteiger partial charge in [-0.2, -0.15) is 0 Å². The van der Waals surface area contributed by atoms with Gasteiger partial charge >= 0.3 is 281 Å². The first-order valence-corrected chi connectivity index (χ1v) is 25.0. The van der Waals surface area contributed by atoms with Crippen molar-refractivity contribution in [2.75, 3.05) is 0 Å². The molecule has 0 saturated heterocycles. The van der Waals surface area contributed by atoms with Gasteiger partial charge in [0.1, 0.15) is 0 Å². The SMILES string of the molecule is CC1=Cc2c(cc(-c3ccccc3)cc2-n2ccnc2)[C@@H]1[Zr+2]([C@H]1C(C)=Cc2c1cc(-c1ccccc1)cc2-n1ccnc1)=[Si](C)C.[Cl-].[Cl-]. The van der Waals surface area contributed by atoms with Gasteiger partial charge in [-0.3, -0.25) is 0 Å². The molecule has 0 aliphatic heterocycles. The summed E-state index contributed by atoms with van der Waals surface area (Å²) in [5, 5.41) is 0. The van der Waals surface area contributed by atoms with E-state index in [4.69, 9.17) is 0 Å². The summed E-state index contributed by atoms with van der Waals surface area (Å²) in [6.07, 6.45) is 16.8. The normalized spacial score (nSPS) is 15.6. The van der Waals surface area contributed by atoms with Crippen LogP contribution in [0.25, 0.3) is 45.8 Å². The largest absolute Gasteiger partial charge is 1.00 e. The molecule has 4 nitrogen and oxygen atoms in total. The third-order valence-electron chi connectivity index (χ3n) is 9.64. The van der Waals surface area contributed by atoms with E-state index in [1.54, 1.807) is 0 Å². The molecule has 2 aliphatic carbocycles. The maximum absolute atomic E-state index is 4.43. The van der Waals surface area contributed by atoms with Crippen molar-refractivity contribution in [2.45, 2.75) is 34.2 Å². The second-order valence-corrected chi connectivity index (χ2v) is 30.6. The van der Waals surface area contributed by atoms with Crippen LogP contribution in [-0.4, -0.2) is 24.5 Å². The summed E-state index contributed by atoms with van der Waals surface area (Å²) in [5.74, 6) is 0. The van der Waals surface area contributed by atoms with Gasteiger partial charge in [-0.15, -0.1) is 0 Å². The molecule has 6 aromatic rings. The molecule has 0 unspecified atom stereocenters. The van der Waals surface area contributed by atoms with Crippen LogP contribution < -0.4 is 24.8 Å². The molecule has 8 heteroatoms. The average Bonchev–Trinajstić information content (AvgIpc) is 3.90. The van der Waals surface area contributed by atoms with Crippen LogP contribution in [0.3, 0.4) is 0 Å². The molecule has 0 fully saturated rings. The summed E-state index contributed by atoms with van der Waals surface area (Å²) >= 11 is -2.34. The van der Waals surface area contributed by atoms with E-state index in [0.717, 1.165) is 0 Å². The molecule has 8 rings (SSSR count). The summed E-state index contributed by atoms with van der Waals surface area (Å²) in [5.41, 5.74) is 15.8. The number of allylic oxidation sites excluding steroid dienone is 2. The molecule has 0 radical (unpaired) electrons. The Labute approximate surface area is 303 Å². The molecule has 2 heterocycles. The molecule has 0 spiro atoms. The van der Waals surface area contributed by atoms with Crippen LogP contribution in [0.1, 0.15) is 43.4 Å². The van der Waals surface area contributed by atoms with E-state index in [2.05, 4.69) is 156 Å². The summed E-state index contributed by atoms with van der Waals surface area (Å²) < 4.78 is 5.43. The van der Waals surface area contributed by atoms with Crippen molar-refractivity contribution >= 4 is 17.6 Å². The van der Waals surface area contributed by atoms with E-state index in [1.807, 2.05) is 25.0 Å². The van der Waals surface area contributed by atoms with Crippen molar-refractivity contribution < 1.29 is 45.2 Å². The molecule has 238 valence electrons. The van der Waals surface area contributed by atoms with E-state index in [9.17, 15) is 0 Å². The van der Waals surface area contributed by atoms with E-state index in [-0.39, 0.29) is 24.8 Å². The maximum atomic E-state index is 4.43. The number of halogens is 2. The van der Waals surface area contributed by atoms with Crippen molar-refractivity contribution in [1.29, 1.82) is 0 Å². The zero-order valence-electron chi connectivity index (χ0n) is 27.4. The first kappa shape index (κ1) is 34.3. The summed E-state index contributed by atoms with van der Waals surface area (Å²) in [4.78, 5) is 8.87. The predicted molar refractivity (Wildman–Crippen MR) is 188 cm³/mol. The van der Waals surface area contributed by atoms with Crippen LogP contribution in [0.2, 0.25) is 13.1 Å². The Morgan fingerprint density at radius 2 is 1.00 bits per heavy atom. The Hall–Kier alpha value is -3.54. The van der Waals surface area contributed by atoms with Crippen LogP contribution in [-0.2, 0) is 20.4 Å². The van der Waals surface area contributed by atoms with Gasteiger partial charge in [-0.1, -0.05) is 0 Å². The van der Waals surface area contributed by atoms with E-state index >= 15 is 0 Å². The number of rotatable bonds is 6. The Morgan fingerprint density at radius 3 is 1.35 bits per heavy atom. The number of aromatic nitrogens is 4. The number of hydrogen-bond acceptors (Lipinski definition) is 2. The van der Waals surface area contributed by atoms with Crippen LogP contribution in [0.4, 0.5) is 0 Å². The molecule has 0 saturated carbocycles. The predicted octanol–water partition coefficient (Wildman–Crippen LogP) is 3.89. The minimum absolute atomic E-state index is 0. The van der Waals surface area contributed by atoms with Crippen LogP contribution in [0, 0.1) is 0 Å². The van der Waals surface area contributed by atoms with Crippen molar-refractivity contribution in [3.63, 3.8) is 0 Å². The fourth-order valence-electron chi connectivity index (χ4n) is 7.62. The van der Waals surface area contributed by atoms with Crippen molar-refractivity contribution in [3.05, 3.63) is 156 Å². The zero-order valence-corrected chi connectivity index (χ0v) is 32.4. The molecular formula is C40H36Cl2N4SiZr. The minimum atomic E-state index is -2.34. The van der Waals surface area contributed by atoms with Gasteiger partial charge in [0.2, 0.25) is 0 Å². The Bertz CT molecular complexity index is 2030. The summed E-state index contributed by atoms with van der Waals surface area (Å²) in [6, 6.07) is 31.5. The van der Waals surface area contributed by atoms with Crippen LogP contribution in [0.15, 0.2) is 134 Å². The first-order valence-electron chi connectivity index (χ1n) is 15.9. The van der Waals surface area contributed by atoms with Crippen LogP contribution >= 0.6 is 0 Å². The summed E-state index contributed by atoms with van der Waals surface area (Å²) in [6.45, 7) is 10.0. The van der Waals surface area contributed by atoms with Gasteiger partial charge in [0, 0.05) is 0 Å². The van der Waals surface area contributed by atoms with Crippen molar-refractivity contribution in [3.8, 4) is 33.6 Å². The van der Waals surface area contributed by atoms with E-state index < -0.39 is 25.8 Å². The number of benzene rings is 4. The number of imidazole rings is 2. The number of hydrogen-bond donors (Lipinski definition) is 0. The second kappa shape index (κ2) is 14.1. The smallest absolute Gasteiger partial charge is 1.00 e. The molecule has 2 aliphatic rings. The van der Waals surface area contributed by atoms with Gasteiger partial charge in [0.15, 0.2) is 0 Å². The van der Waals surface area contributed by atoms with E-state index in [0.29, 0.717) is 7.25 Å². The first-order chi connectivity index (χ1) is 22.5. The third-order valence-corrected chi connectivity index (χ3v) is 29.5. The van der Waals surface area contributed by atoms with Crippen molar-refractivity contribution in [2.24, 2.45) is 0 Å². The Morgan fingerprint density at radius 1 is 0.583 bits per heavy atom. The van der Waals surface area contributed by atoms with Gasteiger partial charge in [0.05, 0.1) is 0 Å². The monoisotopic (exact) mass is 760 g/mol. The topological polar surface area (TPSA) is 35.6 Å². The standard InChI is InChI=1S/2C19H15N2.C2H6Si.2ClH.Zr/c2*1-14-9-17-11-16(15-5-3-2-4-6-15)12-19(18(17)10-14)21-8-7-20-13-21;1-3-2;;;/h2*2-13H,1H3;1-2H3;2*1H;/q;;;;;+2/p-2. The Kier molecular flexibility index (Phi) is 10.1.